The maximum atomic E-state index is 12.3. The lowest BCUT2D eigenvalue weighted by Crippen LogP contribution is -2.12. The van der Waals surface area contributed by atoms with Gasteiger partial charge in [-0.25, -0.2) is 0 Å². The minimum Gasteiger partial charge on any atom is -0.319 e. The monoisotopic (exact) mass is 390 g/mol. The van der Waals surface area contributed by atoms with Crippen LogP contribution in [-0.4, -0.2) is 20.6 Å². The molecule has 1 aromatic heterocycles. The van der Waals surface area contributed by atoms with Crippen molar-refractivity contribution in [2.75, 3.05) is 5.32 Å². The van der Waals surface area contributed by atoms with Crippen molar-refractivity contribution in [3.05, 3.63) is 86.1 Å². The van der Waals surface area contributed by atoms with Gasteiger partial charge in [-0.15, -0.1) is 0 Å². The maximum Gasteiger partial charge on any atom is 0.290 e. The molecule has 0 saturated carbocycles. The molecule has 7 nitrogen and oxygen atoms in total. The van der Waals surface area contributed by atoms with Crippen LogP contribution in [0, 0.1) is 10.1 Å². The van der Waals surface area contributed by atoms with Gasteiger partial charge in [0.05, 0.1) is 28.4 Å². The average Bonchev–Trinajstić information content (AvgIpc) is 3.04. The van der Waals surface area contributed by atoms with E-state index in [1.165, 1.54) is 12.3 Å². The summed E-state index contributed by atoms with van der Waals surface area (Å²) in [6.45, 7) is 0.551. The number of carbonyl (C=O) groups excluding carboxylic acids is 1. The van der Waals surface area contributed by atoms with E-state index in [4.69, 9.17) is 23.2 Å². The number of hydrogen-bond donors (Lipinski definition) is 1. The van der Waals surface area contributed by atoms with Crippen molar-refractivity contribution in [1.29, 1.82) is 0 Å². The molecule has 26 heavy (non-hydrogen) atoms. The van der Waals surface area contributed by atoms with E-state index in [1.54, 1.807) is 10.9 Å². The zero-order valence-corrected chi connectivity index (χ0v) is 14.7. The van der Waals surface area contributed by atoms with Crippen LogP contribution >= 0.6 is 23.2 Å². The van der Waals surface area contributed by atoms with Gasteiger partial charge in [-0.05, 0) is 11.6 Å². The normalized spacial score (nSPS) is 10.5. The maximum absolute atomic E-state index is 12.3. The first kappa shape index (κ1) is 17.9. The number of nitrogens with zero attached hydrogens (tertiary/aromatic N) is 3. The van der Waals surface area contributed by atoms with Gasteiger partial charge in [-0.1, -0.05) is 53.5 Å². The molecule has 0 radical (unpaired) electrons. The summed E-state index contributed by atoms with van der Waals surface area (Å²) < 4.78 is 1.67. The molecule has 1 amide bonds. The second-order valence-electron chi connectivity index (χ2n) is 5.41. The summed E-state index contributed by atoms with van der Waals surface area (Å²) in [4.78, 5) is 22.7. The van der Waals surface area contributed by atoms with Gasteiger partial charge in [0.2, 0.25) is 0 Å². The zero-order chi connectivity index (χ0) is 18.7. The highest BCUT2D eigenvalue weighted by atomic mass is 35.5. The highest BCUT2D eigenvalue weighted by Gasteiger charge is 2.20. The molecular formula is C17H12Cl2N4O3. The molecule has 0 aliphatic heterocycles. The third-order valence-corrected chi connectivity index (χ3v) is 4.34. The highest BCUT2D eigenvalue weighted by molar-refractivity contribution is 6.43. The van der Waals surface area contributed by atoms with Crippen LogP contribution in [0.1, 0.15) is 15.9 Å². The van der Waals surface area contributed by atoms with Crippen molar-refractivity contribution >= 4 is 40.5 Å². The molecule has 0 bridgehead atoms. The van der Waals surface area contributed by atoms with Crippen molar-refractivity contribution in [2.24, 2.45) is 0 Å². The number of nitrogens with one attached hydrogen (secondary N) is 1. The summed E-state index contributed by atoms with van der Waals surface area (Å²) in [5.74, 6) is -0.550. The van der Waals surface area contributed by atoms with Gasteiger partial charge in [0.15, 0.2) is 0 Å². The number of benzene rings is 2. The fourth-order valence-electron chi connectivity index (χ4n) is 2.33. The van der Waals surface area contributed by atoms with Crippen LogP contribution in [0.15, 0.2) is 54.9 Å². The van der Waals surface area contributed by atoms with Gasteiger partial charge < -0.3 is 5.32 Å². The van der Waals surface area contributed by atoms with Crippen molar-refractivity contribution in [3.8, 4) is 0 Å². The van der Waals surface area contributed by atoms with E-state index in [0.717, 1.165) is 11.6 Å². The molecule has 0 saturated heterocycles. The summed E-state index contributed by atoms with van der Waals surface area (Å²) in [5.41, 5.74) is 1.12. The lowest BCUT2D eigenvalue weighted by molar-refractivity contribution is -0.384. The molecule has 3 aromatic rings. The Kier molecular flexibility index (Phi) is 5.20. The Labute approximate surface area is 158 Å². The van der Waals surface area contributed by atoms with Gasteiger partial charge in [0.25, 0.3) is 11.6 Å². The van der Waals surface area contributed by atoms with Crippen molar-refractivity contribution in [3.63, 3.8) is 0 Å². The lowest BCUT2D eigenvalue weighted by Gasteiger charge is -2.05. The third kappa shape index (κ3) is 4.01. The predicted octanol–water partition coefficient (Wildman–Crippen LogP) is 4.40. The number of hydrogen-bond acceptors (Lipinski definition) is 4. The Morgan fingerprint density at radius 3 is 2.65 bits per heavy atom. The molecule has 0 fully saturated rings. The number of nitro groups is 1. The number of carbonyl (C=O) groups is 1. The van der Waals surface area contributed by atoms with Crippen molar-refractivity contribution in [1.82, 2.24) is 9.78 Å². The smallest absolute Gasteiger partial charge is 0.290 e. The van der Waals surface area contributed by atoms with E-state index in [-0.39, 0.29) is 15.6 Å². The number of aromatic nitrogens is 2. The number of rotatable bonds is 5. The topological polar surface area (TPSA) is 90.1 Å². The number of halogens is 2. The Morgan fingerprint density at radius 1 is 1.23 bits per heavy atom. The van der Waals surface area contributed by atoms with E-state index in [9.17, 15) is 14.9 Å². The van der Waals surface area contributed by atoms with E-state index in [0.29, 0.717) is 12.2 Å². The first-order valence-electron chi connectivity index (χ1n) is 7.45. The largest absolute Gasteiger partial charge is 0.319 e. The number of nitro benzene ring substituents is 1. The molecule has 0 atom stereocenters. The molecule has 132 valence electrons. The fraction of sp³-hybridized carbons (Fsp3) is 0.0588. The van der Waals surface area contributed by atoms with Crippen LogP contribution in [0.2, 0.25) is 10.0 Å². The molecule has 0 spiro atoms. The quantitative estimate of drug-likeness (QED) is 0.516. The second-order valence-corrected chi connectivity index (χ2v) is 6.20. The molecule has 0 aliphatic carbocycles. The van der Waals surface area contributed by atoms with Crippen LogP contribution in [0.3, 0.4) is 0 Å². The predicted molar refractivity (Wildman–Crippen MR) is 98.8 cm³/mol. The molecule has 3 rings (SSSR count). The summed E-state index contributed by atoms with van der Waals surface area (Å²) in [5, 5.41) is 17.5. The molecule has 0 aliphatic rings. The summed E-state index contributed by atoms with van der Waals surface area (Å²) in [6, 6.07) is 12.1. The summed E-state index contributed by atoms with van der Waals surface area (Å²) in [7, 11) is 0. The van der Waals surface area contributed by atoms with E-state index < -0.39 is 16.5 Å². The summed E-state index contributed by atoms with van der Waals surface area (Å²) in [6.07, 6.45) is 3.16. The van der Waals surface area contributed by atoms with E-state index in [2.05, 4.69) is 10.4 Å². The van der Waals surface area contributed by atoms with Crippen LogP contribution in [0.25, 0.3) is 0 Å². The first-order valence-corrected chi connectivity index (χ1v) is 8.21. The fourth-order valence-corrected chi connectivity index (χ4v) is 2.72. The molecular weight excluding hydrogens is 379 g/mol. The Hall–Kier alpha value is -2.90. The Morgan fingerprint density at radius 2 is 1.96 bits per heavy atom. The van der Waals surface area contributed by atoms with Gasteiger partial charge in [-0.3, -0.25) is 19.6 Å². The van der Waals surface area contributed by atoms with Crippen LogP contribution in [-0.2, 0) is 6.54 Å². The van der Waals surface area contributed by atoms with Crippen molar-refractivity contribution in [2.45, 2.75) is 6.54 Å². The summed E-state index contributed by atoms with van der Waals surface area (Å²) >= 11 is 11.7. The average molecular weight is 391 g/mol. The zero-order valence-electron chi connectivity index (χ0n) is 13.2. The van der Waals surface area contributed by atoms with E-state index in [1.807, 2.05) is 30.3 Å². The van der Waals surface area contributed by atoms with Gasteiger partial charge in [-0.2, -0.15) is 5.10 Å². The minimum absolute atomic E-state index is 0.0295. The molecule has 1 heterocycles. The Balaban J connectivity index is 1.76. The second kappa shape index (κ2) is 7.55. The SMILES string of the molecule is O=C(Nc1cnn(Cc2ccccc2)c1)c1cc(Cl)c(Cl)c([N+](=O)[O-])c1. The minimum atomic E-state index is -0.692. The first-order chi connectivity index (χ1) is 12.4. The van der Waals surface area contributed by atoms with Crippen LogP contribution in [0.5, 0.6) is 0 Å². The lowest BCUT2D eigenvalue weighted by atomic mass is 10.2. The standard InChI is InChI=1S/C17H12Cl2N4O3/c18-14-6-12(7-15(16(14)19)23(25)26)17(24)21-13-8-20-22(10-13)9-11-4-2-1-3-5-11/h1-8,10H,9H2,(H,21,24). The Bertz CT molecular complexity index is 973. The molecule has 9 heteroatoms. The number of anilines is 1. The molecule has 2 aromatic carbocycles. The van der Waals surface area contributed by atoms with Crippen LogP contribution < -0.4 is 5.32 Å². The van der Waals surface area contributed by atoms with Crippen molar-refractivity contribution < 1.29 is 9.72 Å². The van der Waals surface area contributed by atoms with Gasteiger partial charge in [0, 0.05) is 17.8 Å². The molecule has 0 unspecified atom stereocenters. The van der Waals surface area contributed by atoms with Gasteiger partial charge >= 0.3 is 0 Å². The molecule has 1 N–H and O–H groups in total. The number of amides is 1. The van der Waals surface area contributed by atoms with E-state index >= 15 is 0 Å². The third-order valence-electron chi connectivity index (χ3n) is 3.55. The van der Waals surface area contributed by atoms with Crippen LogP contribution in [0.4, 0.5) is 11.4 Å². The van der Waals surface area contributed by atoms with Gasteiger partial charge in [0.1, 0.15) is 5.02 Å². The highest BCUT2D eigenvalue weighted by Crippen LogP contribution is 2.33.